The molecule has 1 N–H and O–H groups in total. The van der Waals surface area contributed by atoms with Crippen molar-refractivity contribution in [2.75, 3.05) is 13.7 Å². The quantitative estimate of drug-likeness (QED) is 0.177. The van der Waals surface area contributed by atoms with Gasteiger partial charge in [0.25, 0.3) is 5.91 Å². The Hall–Kier alpha value is -3.64. The summed E-state index contributed by atoms with van der Waals surface area (Å²) < 4.78 is 29.7. The number of thiazole rings is 1. The van der Waals surface area contributed by atoms with Crippen molar-refractivity contribution in [3.8, 4) is 11.5 Å². The molecule has 1 aliphatic heterocycles. The minimum Gasteiger partial charge on any atom is -0.496 e. The molecule has 9 nitrogen and oxygen atoms in total. The highest BCUT2D eigenvalue weighted by molar-refractivity contribution is 8.09. The predicted octanol–water partition coefficient (Wildman–Crippen LogP) is 7.53. The minimum atomic E-state index is -1.59. The fourth-order valence-corrected chi connectivity index (χ4v) is 6.98. The first-order valence-corrected chi connectivity index (χ1v) is 15.8. The van der Waals surface area contributed by atoms with Gasteiger partial charge in [-0.15, -0.1) is 11.3 Å². The summed E-state index contributed by atoms with van der Waals surface area (Å²) in [4.78, 5) is 46.2. The van der Waals surface area contributed by atoms with Crippen molar-refractivity contribution in [1.29, 1.82) is 0 Å². The van der Waals surface area contributed by atoms with E-state index in [0.29, 0.717) is 22.8 Å². The number of hydrogen-bond acceptors (Lipinski definition) is 9. The number of aliphatic carboxylic acids is 1. The van der Waals surface area contributed by atoms with Crippen LogP contribution in [0.3, 0.4) is 0 Å². The topological polar surface area (TPSA) is 115 Å². The first kappa shape index (κ1) is 33.3. The van der Waals surface area contributed by atoms with Crippen LogP contribution in [0.25, 0.3) is 0 Å². The van der Waals surface area contributed by atoms with Crippen LogP contribution < -0.4 is 8.92 Å². The molecule has 0 radical (unpaired) electrons. The number of aromatic nitrogens is 1. The van der Waals surface area contributed by atoms with Gasteiger partial charge in [-0.3, -0.25) is 4.79 Å². The van der Waals surface area contributed by atoms with Gasteiger partial charge < -0.3 is 23.7 Å². The molecule has 1 aromatic heterocycles. The summed E-state index contributed by atoms with van der Waals surface area (Å²) in [5.41, 5.74) is -0.649. The number of methoxy groups -OCH3 is 1. The molecular formula is C32H37FN2O7S2. The molecule has 1 unspecified atom stereocenters. The number of carbonyl (C=O) groups is 3. The summed E-state index contributed by atoms with van der Waals surface area (Å²) in [5, 5.41) is 12.3. The summed E-state index contributed by atoms with van der Waals surface area (Å²) >= 11 is 1.74. The third kappa shape index (κ3) is 7.18. The number of carboxylic acids is 1. The highest BCUT2D eigenvalue weighted by atomic mass is 32.2. The lowest BCUT2D eigenvalue weighted by atomic mass is 9.83. The second-order valence-corrected chi connectivity index (χ2v) is 13.8. The molecule has 1 fully saturated rings. The number of halogens is 1. The number of amides is 1. The largest absolute Gasteiger partial charge is 0.496 e. The normalized spacial score (nSPS) is 20.0. The van der Waals surface area contributed by atoms with Crippen LogP contribution in [-0.2, 0) is 14.9 Å². The van der Waals surface area contributed by atoms with Crippen molar-refractivity contribution in [2.45, 2.75) is 64.5 Å². The Bertz CT molecular complexity index is 1470. The molecule has 2 aromatic carbocycles. The third-order valence-electron chi connectivity index (χ3n) is 7.54. The van der Waals surface area contributed by atoms with Gasteiger partial charge in [0.2, 0.25) is 0 Å². The fourth-order valence-electron chi connectivity index (χ4n) is 5.77. The molecule has 3 aromatic rings. The zero-order chi connectivity index (χ0) is 32.2. The molecule has 236 valence electrons. The van der Waals surface area contributed by atoms with Crippen LogP contribution in [0.15, 0.2) is 54.0 Å². The summed E-state index contributed by atoms with van der Waals surface area (Å²) in [6.45, 7) is 9.76. The summed E-state index contributed by atoms with van der Waals surface area (Å²) in [6.07, 6.45) is 1.83. The van der Waals surface area contributed by atoms with E-state index in [0.717, 1.165) is 5.56 Å². The number of nitrogens with zero attached hydrogens (tertiary/aromatic N) is 2. The van der Waals surface area contributed by atoms with Gasteiger partial charge >= 0.3 is 11.3 Å². The van der Waals surface area contributed by atoms with E-state index in [4.69, 9.17) is 13.7 Å². The number of carbonyl (C=O) groups excluding carboxylic acids is 2. The van der Waals surface area contributed by atoms with Gasteiger partial charge in [-0.2, -0.15) is 0 Å². The molecule has 0 spiro atoms. The van der Waals surface area contributed by atoms with Crippen LogP contribution >= 0.6 is 23.4 Å². The number of likely N-dealkylation sites (tertiary alicyclic amines) is 1. The Morgan fingerprint density at radius 3 is 2.45 bits per heavy atom. The number of benzene rings is 2. The molecule has 1 aliphatic rings. The van der Waals surface area contributed by atoms with E-state index in [1.807, 2.05) is 40.7 Å². The first-order chi connectivity index (χ1) is 20.8. The summed E-state index contributed by atoms with van der Waals surface area (Å²) in [7, 11) is 1.54. The van der Waals surface area contributed by atoms with Crippen LogP contribution in [0.4, 0.5) is 9.18 Å². The average Bonchev–Trinajstić information content (AvgIpc) is 3.61. The van der Waals surface area contributed by atoms with Gasteiger partial charge in [0.15, 0.2) is 12.0 Å². The Labute approximate surface area is 264 Å². The minimum absolute atomic E-state index is 0.0461. The van der Waals surface area contributed by atoms with Gasteiger partial charge in [0.05, 0.1) is 19.8 Å². The van der Waals surface area contributed by atoms with Crippen molar-refractivity contribution in [3.05, 3.63) is 76.0 Å². The van der Waals surface area contributed by atoms with Gasteiger partial charge in [-0.05, 0) is 66.1 Å². The first-order valence-electron chi connectivity index (χ1n) is 14.2. The van der Waals surface area contributed by atoms with Gasteiger partial charge in [-0.25, -0.2) is 19.0 Å². The number of carboxylic acid groups (broad SMARTS) is 1. The van der Waals surface area contributed by atoms with Gasteiger partial charge in [0.1, 0.15) is 27.9 Å². The highest BCUT2D eigenvalue weighted by Crippen LogP contribution is 2.51. The Morgan fingerprint density at radius 1 is 1.18 bits per heavy atom. The maximum Gasteiger partial charge on any atom is 0.407 e. The van der Waals surface area contributed by atoms with E-state index in [2.05, 4.69) is 4.98 Å². The van der Waals surface area contributed by atoms with Crippen molar-refractivity contribution in [2.24, 2.45) is 11.8 Å². The summed E-state index contributed by atoms with van der Waals surface area (Å²) in [5.74, 6) is -1.91. The molecule has 0 aliphatic carbocycles. The van der Waals surface area contributed by atoms with Crippen LogP contribution in [-0.4, -0.2) is 51.4 Å². The zero-order valence-corrected chi connectivity index (χ0v) is 27.2. The molecule has 1 amide bonds. The molecule has 4 rings (SSSR count). The lowest BCUT2D eigenvalue weighted by Crippen LogP contribution is -2.54. The SMILES string of the molecule is COc1cc(C(=O)N2C(c3nccs3)[C@H](COC(=O)SOc3ccc(F)cc3)C[C@@]2(CC(C)C)C(=O)O)ccc1C(C)(C)C. The molecule has 0 saturated carbocycles. The van der Waals surface area contributed by atoms with Crippen molar-refractivity contribution >= 4 is 40.6 Å². The summed E-state index contributed by atoms with van der Waals surface area (Å²) in [6, 6.07) is 9.58. The molecule has 1 saturated heterocycles. The number of ether oxygens (including phenoxy) is 2. The molecule has 12 heteroatoms. The highest BCUT2D eigenvalue weighted by Gasteiger charge is 2.60. The van der Waals surface area contributed by atoms with Crippen LogP contribution in [0.5, 0.6) is 11.5 Å². The maximum absolute atomic E-state index is 14.5. The molecule has 3 atom stereocenters. The Kier molecular flexibility index (Phi) is 10.2. The van der Waals surface area contributed by atoms with Gasteiger partial charge in [0, 0.05) is 23.1 Å². The van der Waals surface area contributed by atoms with Crippen molar-refractivity contribution < 1.29 is 37.5 Å². The van der Waals surface area contributed by atoms with Crippen molar-refractivity contribution in [1.82, 2.24) is 9.88 Å². The Balaban J connectivity index is 1.69. The van der Waals surface area contributed by atoms with E-state index < -0.39 is 40.5 Å². The average molecular weight is 645 g/mol. The molecule has 44 heavy (non-hydrogen) atoms. The number of hydrogen-bond donors (Lipinski definition) is 1. The monoisotopic (exact) mass is 644 g/mol. The van der Waals surface area contributed by atoms with Crippen molar-refractivity contribution in [3.63, 3.8) is 0 Å². The van der Waals surface area contributed by atoms with E-state index in [1.54, 1.807) is 23.7 Å². The van der Waals surface area contributed by atoms with Gasteiger partial charge in [-0.1, -0.05) is 40.7 Å². The molecule has 2 heterocycles. The third-order valence-corrected chi connectivity index (χ3v) is 8.92. The second-order valence-electron chi connectivity index (χ2n) is 12.2. The standard InChI is InChI=1S/C32H37FN2O7S2/c1-19(2)16-32(29(37)38)17-21(18-41-30(39)44-42-23-10-8-22(33)9-11-23)26(27-34-13-14-43-27)35(32)28(36)20-7-12-24(31(3,4)5)25(15-20)40-6/h7-15,19,21,26H,16-18H2,1-6H3,(H,37,38)/t21-,26?,32-/m0/s1. The smallest absolute Gasteiger partial charge is 0.407 e. The fraction of sp³-hybridized carbons (Fsp3) is 0.438. The second kappa shape index (κ2) is 13.6. The molecular weight excluding hydrogens is 607 g/mol. The Morgan fingerprint density at radius 2 is 1.89 bits per heavy atom. The number of rotatable bonds is 10. The van der Waals surface area contributed by atoms with E-state index in [-0.39, 0.29) is 42.1 Å². The van der Waals surface area contributed by atoms with Crippen LogP contribution in [0, 0.1) is 17.7 Å². The predicted molar refractivity (Wildman–Crippen MR) is 167 cm³/mol. The molecule has 0 bridgehead atoms. The lowest BCUT2D eigenvalue weighted by Gasteiger charge is -2.39. The van der Waals surface area contributed by atoms with E-state index >= 15 is 0 Å². The van der Waals surface area contributed by atoms with Crippen LogP contribution in [0.2, 0.25) is 0 Å². The maximum atomic E-state index is 14.5. The van der Waals surface area contributed by atoms with Crippen LogP contribution in [0.1, 0.15) is 74.4 Å². The van der Waals surface area contributed by atoms with E-state index in [1.165, 1.54) is 47.6 Å². The lowest BCUT2D eigenvalue weighted by molar-refractivity contribution is -0.150. The zero-order valence-electron chi connectivity index (χ0n) is 25.5. The van der Waals surface area contributed by atoms with E-state index in [9.17, 15) is 23.9 Å².